The van der Waals surface area contributed by atoms with E-state index in [-0.39, 0.29) is 17.7 Å². The number of thioether (sulfide) groups is 1. The van der Waals surface area contributed by atoms with Crippen molar-refractivity contribution < 1.29 is 19.1 Å². The number of carbonyl (C=O) groups is 3. The molecule has 1 saturated heterocycles. The van der Waals surface area contributed by atoms with Gasteiger partial charge in [0.05, 0.1) is 17.6 Å². The minimum Gasteiger partial charge on any atom is -0.465 e. The number of primary amides is 1. The molecule has 8 heteroatoms. The van der Waals surface area contributed by atoms with E-state index in [0.717, 1.165) is 5.56 Å². The summed E-state index contributed by atoms with van der Waals surface area (Å²) in [6.45, 7) is 1.32. The number of nitrogens with two attached hydrogens (primary N) is 1. The quantitative estimate of drug-likeness (QED) is 0.638. The van der Waals surface area contributed by atoms with Gasteiger partial charge in [0, 0.05) is 19.0 Å². The zero-order valence-corrected chi connectivity index (χ0v) is 15.1. The summed E-state index contributed by atoms with van der Waals surface area (Å²) in [6.07, 6.45) is 3.11. The van der Waals surface area contributed by atoms with Crippen molar-refractivity contribution in [2.24, 2.45) is 16.6 Å². The van der Waals surface area contributed by atoms with Gasteiger partial charge in [0.15, 0.2) is 5.17 Å². The molecule has 0 spiro atoms. The third-order valence-corrected chi connectivity index (χ3v) is 5.45. The van der Waals surface area contributed by atoms with Crippen LogP contribution in [0.2, 0.25) is 0 Å². The lowest BCUT2D eigenvalue weighted by Crippen LogP contribution is -2.40. The monoisotopic (exact) mass is 373 g/mol. The number of carbonyl (C=O) groups excluding carboxylic acids is 3. The Balaban J connectivity index is 1.65. The standard InChI is InChI=1S/C18H19N3O4S/c1-25-17(24)13-4-2-11(3-5-13)10-14-16(23)20-18(26-14)21-8-6-12(7-9-21)15(19)22/h2-5,10,12H,6-9H2,1H3,(H2,19,22). The average Bonchev–Trinajstić information content (AvgIpc) is 3.02. The van der Waals surface area contributed by atoms with Crippen LogP contribution in [-0.4, -0.2) is 48.1 Å². The zero-order chi connectivity index (χ0) is 18.7. The molecule has 2 amide bonds. The van der Waals surface area contributed by atoms with Crippen molar-refractivity contribution in [2.75, 3.05) is 20.2 Å². The Kier molecular flexibility index (Phi) is 5.41. The normalized spacial score (nSPS) is 19.6. The summed E-state index contributed by atoms with van der Waals surface area (Å²) < 4.78 is 4.66. The maximum atomic E-state index is 12.2. The number of rotatable bonds is 3. The largest absolute Gasteiger partial charge is 0.465 e. The van der Waals surface area contributed by atoms with Gasteiger partial charge in [-0.15, -0.1) is 0 Å². The van der Waals surface area contributed by atoms with Crippen LogP contribution in [0.25, 0.3) is 6.08 Å². The van der Waals surface area contributed by atoms with Gasteiger partial charge in [0.2, 0.25) is 5.91 Å². The summed E-state index contributed by atoms with van der Waals surface area (Å²) in [5, 5.41) is 0.662. The van der Waals surface area contributed by atoms with Gasteiger partial charge in [-0.05, 0) is 48.4 Å². The SMILES string of the molecule is COC(=O)c1ccc(C=C2SC(N3CCC(C(N)=O)CC3)=NC2=O)cc1. The van der Waals surface area contributed by atoms with E-state index in [0.29, 0.717) is 41.6 Å². The summed E-state index contributed by atoms with van der Waals surface area (Å²) in [5.41, 5.74) is 6.61. The molecule has 26 heavy (non-hydrogen) atoms. The highest BCUT2D eigenvalue weighted by Gasteiger charge is 2.30. The first-order chi connectivity index (χ1) is 12.5. The fourth-order valence-electron chi connectivity index (χ4n) is 2.87. The lowest BCUT2D eigenvalue weighted by Gasteiger charge is -2.31. The maximum absolute atomic E-state index is 12.2. The number of amides is 2. The molecule has 2 heterocycles. The summed E-state index contributed by atoms with van der Waals surface area (Å²) in [4.78, 5) is 41.6. The first-order valence-electron chi connectivity index (χ1n) is 8.23. The van der Waals surface area contributed by atoms with Crippen LogP contribution in [0, 0.1) is 5.92 Å². The second kappa shape index (κ2) is 7.74. The number of amidine groups is 1. The number of benzene rings is 1. The van der Waals surface area contributed by atoms with Crippen LogP contribution in [-0.2, 0) is 14.3 Å². The summed E-state index contributed by atoms with van der Waals surface area (Å²) in [6, 6.07) is 6.81. The fourth-order valence-corrected chi connectivity index (χ4v) is 3.84. The summed E-state index contributed by atoms with van der Waals surface area (Å²) in [5.74, 6) is -1.05. The minimum atomic E-state index is -0.402. The number of methoxy groups -OCH3 is 1. The molecule has 0 radical (unpaired) electrons. The molecule has 3 rings (SSSR count). The molecule has 1 aromatic carbocycles. The van der Waals surface area contributed by atoms with Crippen molar-refractivity contribution in [1.29, 1.82) is 0 Å². The minimum absolute atomic E-state index is 0.0997. The molecule has 1 aromatic rings. The third kappa shape index (κ3) is 3.96. The van der Waals surface area contributed by atoms with Crippen LogP contribution in [0.3, 0.4) is 0 Å². The van der Waals surface area contributed by atoms with Crippen molar-refractivity contribution in [2.45, 2.75) is 12.8 Å². The second-order valence-electron chi connectivity index (χ2n) is 6.09. The summed E-state index contributed by atoms with van der Waals surface area (Å²) in [7, 11) is 1.33. The number of ether oxygens (including phenoxy) is 1. The second-order valence-corrected chi connectivity index (χ2v) is 7.10. The Morgan fingerprint density at radius 1 is 1.27 bits per heavy atom. The number of nitrogens with zero attached hydrogens (tertiary/aromatic N) is 2. The Labute approximate surface area is 155 Å². The van der Waals surface area contributed by atoms with E-state index in [1.54, 1.807) is 30.3 Å². The topological polar surface area (TPSA) is 102 Å². The maximum Gasteiger partial charge on any atom is 0.337 e. The molecule has 0 bridgehead atoms. The van der Waals surface area contributed by atoms with Gasteiger partial charge < -0.3 is 15.4 Å². The van der Waals surface area contributed by atoms with E-state index in [4.69, 9.17) is 5.73 Å². The number of esters is 1. The van der Waals surface area contributed by atoms with Gasteiger partial charge in [0.25, 0.3) is 5.91 Å². The number of likely N-dealkylation sites (tertiary alicyclic amines) is 1. The van der Waals surface area contributed by atoms with E-state index in [1.165, 1.54) is 18.9 Å². The van der Waals surface area contributed by atoms with Gasteiger partial charge in [0.1, 0.15) is 0 Å². The van der Waals surface area contributed by atoms with Gasteiger partial charge in [-0.3, -0.25) is 9.59 Å². The molecular formula is C18H19N3O4S. The number of piperidine rings is 1. The van der Waals surface area contributed by atoms with Crippen LogP contribution in [0.4, 0.5) is 0 Å². The van der Waals surface area contributed by atoms with Crippen molar-refractivity contribution >= 4 is 40.8 Å². The predicted molar refractivity (Wildman–Crippen MR) is 99.3 cm³/mol. The molecule has 1 fully saturated rings. The van der Waals surface area contributed by atoms with Crippen LogP contribution in [0.15, 0.2) is 34.2 Å². The van der Waals surface area contributed by atoms with Crippen molar-refractivity contribution in [3.8, 4) is 0 Å². The predicted octanol–water partition coefficient (Wildman–Crippen LogP) is 1.64. The van der Waals surface area contributed by atoms with Crippen LogP contribution in [0.5, 0.6) is 0 Å². The number of hydrogen-bond donors (Lipinski definition) is 1. The number of hydrogen-bond acceptors (Lipinski definition) is 6. The van der Waals surface area contributed by atoms with Gasteiger partial charge in [-0.1, -0.05) is 12.1 Å². The summed E-state index contributed by atoms with van der Waals surface area (Å²) >= 11 is 1.32. The first kappa shape index (κ1) is 18.2. The molecule has 0 aliphatic carbocycles. The van der Waals surface area contributed by atoms with Crippen LogP contribution >= 0.6 is 11.8 Å². The van der Waals surface area contributed by atoms with Crippen molar-refractivity contribution in [3.63, 3.8) is 0 Å². The third-order valence-electron chi connectivity index (χ3n) is 4.41. The van der Waals surface area contributed by atoms with E-state index in [1.807, 2.05) is 4.90 Å². The van der Waals surface area contributed by atoms with Crippen LogP contribution < -0.4 is 5.73 Å². The molecule has 7 nitrogen and oxygen atoms in total. The molecule has 2 aliphatic heterocycles. The molecule has 2 aliphatic rings. The molecule has 0 aromatic heterocycles. The van der Waals surface area contributed by atoms with E-state index in [2.05, 4.69) is 9.73 Å². The highest BCUT2D eigenvalue weighted by Crippen LogP contribution is 2.32. The fraction of sp³-hybridized carbons (Fsp3) is 0.333. The Morgan fingerprint density at radius 3 is 2.50 bits per heavy atom. The van der Waals surface area contributed by atoms with Gasteiger partial charge in [-0.25, -0.2) is 4.79 Å². The van der Waals surface area contributed by atoms with Gasteiger partial charge in [-0.2, -0.15) is 4.99 Å². The lowest BCUT2D eigenvalue weighted by molar-refractivity contribution is -0.123. The lowest BCUT2D eigenvalue weighted by atomic mass is 9.97. The molecular weight excluding hydrogens is 354 g/mol. The Hall–Kier alpha value is -2.61. The average molecular weight is 373 g/mol. The highest BCUT2D eigenvalue weighted by molar-refractivity contribution is 8.18. The highest BCUT2D eigenvalue weighted by atomic mass is 32.2. The van der Waals surface area contributed by atoms with Gasteiger partial charge >= 0.3 is 5.97 Å². The van der Waals surface area contributed by atoms with Crippen LogP contribution in [0.1, 0.15) is 28.8 Å². The molecule has 0 unspecified atom stereocenters. The smallest absolute Gasteiger partial charge is 0.337 e. The molecule has 2 N–H and O–H groups in total. The van der Waals surface area contributed by atoms with E-state index in [9.17, 15) is 14.4 Å². The zero-order valence-electron chi connectivity index (χ0n) is 14.3. The Morgan fingerprint density at radius 2 is 1.92 bits per heavy atom. The Bertz CT molecular complexity index is 793. The van der Waals surface area contributed by atoms with E-state index < -0.39 is 5.97 Å². The molecule has 0 atom stereocenters. The molecule has 0 saturated carbocycles. The van der Waals surface area contributed by atoms with E-state index >= 15 is 0 Å². The van der Waals surface area contributed by atoms with Crippen molar-refractivity contribution in [3.05, 3.63) is 40.3 Å². The first-order valence-corrected chi connectivity index (χ1v) is 9.05. The van der Waals surface area contributed by atoms with Crippen molar-refractivity contribution in [1.82, 2.24) is 4.90 Å². The number of aliphatic imine (C=N–C) groups is 1. The molecule has 136 valence electrons.